The Morgan fingerprint density at radius 2 is 0.395 bits per heavy atom. The van der Waals surface area contributed by atoms with Gasteiger partial charge in [-0.2, -0.15) is 0 Å². The summed E-state index contributed by atoms with van der Waals surface area (Å²) in [6.45, 7) is 0. The van der Waals surface area contributed by atoms with Crippen LogP contribution in [0.2, 0.25) is 0 Å². The molecule has 0 fully saturated rings. The van der Waals surface area contributed by atoms with Crippen molar-refractivity contribution >= 4 is 87.2 Å². The largest absolute Gasteiger partial charge is 0.309 e. The predicted octanol–water partition coefficient (Wildman–Crippen LogP) is 28.8. The molecule has 0 unspecified atom stereocenters. The van der Waals surface area contributed by atoms with Gasteiger partial charge in [0, 0.05) is 99.2 Å². The topological polar surface area (TPSA) is 97.1 Å². The highest BCUT2D eigenvalue weighted by atomic mass is 15.1. The van der Waals surface area contributed by atoms with Gasteiger partial charge in [0.05, 0.1) is 44.1 Å². The van der Waals surface area contributed by atoms with Gasteiger partial charge in [0.15, 0.2) is 34.9 Å². The molecule has 580 valence electrons. The smallest absolute Gasteiger partial charge is 0.164 e. The lowest BCUT2D eigenvalue weighted by Crippen LogP contribution is -2.01. The van der Waals surface area contributed by atoms with Gasteiger partial charge in [-0.3, -0.25) is 0 Å². The van der Waals surface area contributed by atoms with Crippen molar-refractivity contribution in [3.8, 4) is 136 Å². The molecule has 0 spiro atoms. The fraction of sp³-hybridized carbons (Fsp3) is 0. The summed E-state index contributed by atoms with van der Waals surface area (Å²) in [4.78, 5) is 30.3. The summed E-state index contributed by atoms with van der Waals surface area (Å²) >= 11 is 0. The van der Waals surface area contributed by atoms with Crippen LogP contribution in [-0.4, -0.2) is 48.2 Å². The fourth-order valence-corrected chi connectivity index (χ4v) is 18.2. The zero-order valence-corrected chi connectivity index (χ0v) is 67.2. The van der Waals surface area contributed by atoms with E-state index in [0.29, 0.717) is 34.9 Å². The average molecular weight is 1580 g/mol. The summed E-state index contributed by atoms with van der Waals surface area (Å²) in [5.74, 6) is 3.79. The lowest BCUT2D eigenvalue weighted by atomic mass is 9.98. The van der Waals surface area contributed by atoms with Crippen molar-refractivity contribution < 1.29 is 0 Å². The third kappa shape index (κ3) is 13.0. The van der Waals surface area contributed by atoms with Crippen LogP contribution in [0.15, 0.2) is 449 Å². The molecule has 10 nitrogen and oxygen atoms in total. The van der Waals surface area contributed by atoms with Crippen molar-refractivity contribution in [1.29, 1.82) is 0 Å². The number of benzene rings is 18. The second-order valence-corrected chi connectivity index (χ2v) is 31.3. The van der Waals surface area contributed by atoms with Crippen LogP contribution < -0.4 is 0 Å². The summed E-state index contributed by atoms with van der Waals surface area (Å²) in [7, 11) is 0. The van der Waals surface area contributed by atoms with Gasteiger partial charge in [-0.25, -0.2) is 29.9 Å². The first-order chi connectivity index (χ1) is 61.5. The molecule has 0 atom stereocenters. The second-order valence-electron chi connectivity index (χ2n) is 31.3. The molecule has 0 radical (unpaired) electrons. The molecular weight excluding hydrogens is 1510 g/mol. The molecule has 10 heteroatoms. The normalized spacial score (nSPS) is 11.5. The molecule has 6 aromatic heterocycles. The van der Waals surface area contributed by atoms with Crippen LogP contribution in [0.5, 0.6) is 0 Å². The number of aromatic nitrogens is 10. The standard InChI is InChI=1S/2C57H37N5/c1-4-17-38(18-5-1)40-21-14-22-42(35-40)56-58-55(39-19-6-2-7-20-39)59-57(60-56)43-23-15-26-45(36-43)62-50-30-12-10-27-47(50)48-34-33-41(37-53(48)62)46-29-16-32-52-54(46)49-28-11-13-31-51(49)61(52)44-24-8-3-9-25-44;1-4-16-38(17-5-1)55-58-56(39-18-6-2-7-19-39)60-57(59-55)44-22-14-20-40(34-44)41-21-15-25-46(35-41)62-51-28-12-10-26-47(51)49-32-30-43(37-54(49)62)42-31-33-53-50(36-42)48-27-11-13-29-52(48)61(53)45-23-8-3-9-24-45/h2*1-37H. The first-order valence-corrected chi connectivity index (χ1v) is 41.9. The van der Waals surface area contributed by atoms with Crippen LogP contribution in [0, 0.1) is 0 Å². The van der Waals surface area contributed by atoms with E-state index in [0.717, 1.165) is 100 Å². The van der Waals surface area contributed by atoms with Gasteiger partial charge in [-0.1, -0.05) is 334 Å². The van der Waals surface area contributed by atoms with Crippen molar-refractivity contribution in [3.05, 3.63) is 449 Å². The molecule has 124 heavy (non-hydrogen) atoms. The highest BCUT2D eigenvalue weighted by Gasteiger charge is 2.23. The lowest BCUT2D eigenvalue weighted by molar-refractivity contribution is 1.07. The van der Waals surface area contributed by atoms with E-state index < -0.39 is 0 Å². The molecule has 18 aromatic carbocycles. The first kappa shape index (κ1) is 72.4. The van der Waals surface area contributed by atoms with E-state index in [1.807, 2.05) is 84.9 Å². The molecule has 0 saturated heterocycles. The zero-order chi connectivity index (χ0) is 82.0. The Labute approximate surface area is 715 Å². The van der Waals surface area contributed by atoms with Gasteiger partial charge < -0.3 is 18.3 Å². The van der Waals surface area contributed by atoms with Crippen LogP contribution in [0.4, 0.5) is 0 Å². The van der Waals surface area contributed by atoms with Gasteiger partial charge in [-0.15, -0.1) is 0 Å². The Kier molecular flexibility index (Phi) is 18.0. The molecule has 6 heterocycles. The molecule has 0 N–H and O–H groups in total. The van der Waals surface area contributed by atoms with Crippen molar-refractivity contribution in [2.45, 2.75) is 0 Å². The Bertz CT molecular complexity index is 8160. The van der Waals surface area contributed by atoms with Gasteiger partial charge in [0.25, 0.3) is 0 Å². The van der Waals surface area contributed by atoms with E-state index >= 15 is 0 Å². The molecule has 0 aliphatic rings. The summed E-state index contributed by atoms with van der Waals surface area (Å²) in [5.41, 5.74) is 28.5. The van der Waals surface area contributed by atoms with E-state index in [-0.39, 0.29) is 0 Å². The van der Waals surface area contributed by atoms with Crippen LogP contribution in [0.1, 0.15) is 0 Å². The maximum Gasteiger partial charge on any atom is 0.164 e. The van der Waals surface area contributed by atoms with Crippen LogP contribution in [0.3, 0.4) is 0 Å². The van der Waals surface area contributed by atoms with Gasteiger partial charge >= 0.3 is 0 Å². The minimum absolute atomic E-state index is 0.615. The van der Waals surface area contributed by atoms with Gasteiger partial charge in [0.1, 0.15) is 0 Å². The van der Waals surface area contributed by atoms with E-state index in [1.54, 1.807) is 0 Å². The van der Waals surface area contributed by atoms with Gasteiger partial charge in [-0.05, 0) is 160 Å². The monoisotopic (exact) mass is 1580 g/mol. The fourth-order valence-electron chi connectivity index (χ4n) is 18.2. The van der Waals surface area contributed by atoms with Crippen LogP contribution in [0.25, 0.3) is 223 Å². The summed E-state index contributed by atoms with van der Waals surface area (Å²) in [5, 5.41) is 9.79. The van der Waals surface area contributed by atoms with E-state index in [2.05, 4.69) is 382 Å². The number of para-hydroxylation sites is 6. The SMILES string of the molecule is c1ccc(-c2cccc(-c3nc(-c4ccccc4)nc(-c4cccc(-n5c6ccccc6c6ccc(-c7cccc8c7c7ccccc7n8-c7ccccc7)cc65)c4)n3)c2)cc1.c1ccc(-c2nc(-c3ccccc3)nc(-c3cccc(-c4cccc(-n5c6ccccc6c6ccc(-c7ccc8c(c7)c7ccccc7n8-c7ccccc7)cc65)c4)c3)n2)cc1. The molecule has 24 rings (SSSR count). The Morgan fingerprint density at radius 1 is 0.129 bits per heavy atom. The van der Waals surface area contributed by atoms with E-state index in [1.165, 1.54) is 87.4 Å². The highest BCUT2D eigenvalue weighted by molar-refractivity contribution is 6.18. The number of fused-ring (bicyclic) bond motifs is 12. The average Bonchev–Trinajstić information content (AvgIpc) is 1.57. The van der Waals surface area contributed by atoms with Crippen molar-refractivity contribution in [3.63, 3.8) is 0 Å². The quantitative estimate of drug-likeness (QED) is 0.108. The minimum atomic E-state index is 0.615. The third-order valence-corrected chi connectivity index (χ3v) is 23.9. The molecule has 24 aromatic rings. The molecule has 0 aliphatic carbocycles. The number of hydrogen-bond acceptors (Lipinski definition) is 6. The number of hydrogen-bond donors (Lipinski definition) is 0. The minimum Gasteiger partial charge on any atom is -0.309 e. The second kappa shape index (κ2) is 30.8. The zero-order valence-electron chi connectivity index (χ0n) is 67.2. The summed E-state index contributed by atoms with van der Waals surface area (Å²) < 4.78 is 9.54. The third-order valence-electron chi connectivity index (χ3n) is 23.9. The molecule has 0 bridgehead atoms. The van der Waals surface area contributed by atoms with Crippen LogP contribution in [-0.2, 0) is 0 Å². The number of nitrogens with zero attached hydrogens (tertiary/aromatic N) is 10. The molecule has 0 amide bonds. The van der Waals surface area contributed by atoms with Crippen molar-refractivity contribution in [1.82, 2.24) is 48.2 Å². The Morgan fingerprint density at radius 3 is 0.879 bits per heavy atom. The molecular formula is C114H74N10. The lowest BCUT2D eigenvalue weighted by Gasteiger charge is -2.13. The van der Waals surface area contributed by atoms with Crippen molar-refractivity contribution in [2.24, 2.45) is 0 Å². The van der Waals surface area contributed by atoms with Crippen LogP contribution >= 0.6 is 0 Å². The van der Waals surface area contributed by atoms with E-state index in [4.69, 9.17) is 29.9 Å². The molecule has 0 saturated carbocycles. The Balaban J connectivity index is 0.000000143. The van der Waals surface area contributed by atoms with Gasteiger partial charge in [0.2, 0.25) is 0 Å². The maximum absolute atomic E-state index is 5.18. The maximum atomic E-state index is 5.18. The van der Waals surface area contributed by atoms with E-state index in [9.17, 15) is 0 Å². The highest BCUT2D eigenvalue weighted by Crippen LogP contribution is 2.44. The first-order valence-electron chi connectivity index (χ1n) is 41.9. The van der Waals surface area contributed by atoms with Crippen molar-refractivity contribution in [2.75, 3.05) is 0 Å². The summed E-state index contributed by atoms with van der Waals surface area (Å²) in [6, 6.07) is 159. The predicted molar refractivity (Wildman–Crippen MR) is 511 cm³/mol. The molecule has 0 aliphatic heterocycles. The number of rotatable bonds is 14. The Hall–Kier alpha value is -16.8. The summed E-state index contributed by atoms with van der Waals surface area (Å²) in [6.07, 6.45) is 0.